The van der Waals surface area contributed by atoms with Gasteiger partial charge in [0.1, 0.15) is 0 Å². The van der Waals surface area contributed by atoms with Gasteiger partial charge in [0.25, 0.3) is 0 Å². The van der Waals surface area contributed by atoms with E-state index in [1.54, 1.807) is 0 Å². The SMILES string of the molecule is C1=C(c2ccc(-c3ccnc4c3ccc3c(-c5ccccc5)ccnc34)cc2)c2ccc3c(-c4ccccc4)ccnc3c2NC1. The third-order valence-corrected chi connectivity index (χ3v) is 9.09. The highest BCUT2D eigenvalue weighted by molar-refractivity contribution is 6.12. The molecule has 46 heavy (non-hydrogen) atoms. The molecule has 1 aliphatic heterocycles. The van der Waals surface area contributed by atoms with Crippen molar-refractivity contribution in [1.82, 2.24) is 15.0 Å². The molecular weight excluding hydrogens is 560 g/mol. The Kier molecular flexibility index (Phi) is 6.17. The number of hydrogen-bond donors (Lipinski definition) is 1. The molecule has 0 radical (unpaired) electrons. The molecule has 8 aromatic rings. The molecule has 0 amide bonds. The van der Waals surface area contributed by atoms with Gasteiger partial charge in [-0.1, -0.05) is 115 Å². The van der Waals surface area contributed by atoms with E-state index in [9.17, 15) is 0 Å². The van der Waals surface area contributed by atoms with Crippen LogP contribution in [-0.4, -0.2) is 21.5 Å². The van der Waals surface area contributed by atoms with Gasteiger partial charge in [0.2, 0.25) is 0 Å². The van der Waals surface area contributed by atoms with Crippen LogP contribution in [0.3, 0.4) is 0 Å². The Morgan fingerprint density at radius 2 is 0.848 bits per heavy atom. The quantitative estimate of drug-likeness (QED) is 0.208. The fourth-order valence-corrected chi connectivity index (χ4v) is 6.91. The normalized spacial score (nSPS) is 12.6. The van der Waals surface area contributed by atoms with Crippen LogP contribution >= 0.6 is 0 Å². The van der Waals surface area contributed by atoms with Crippen LogP contribution in [0.2, 0.25) is 0 Å². The van der Waals surface area contributed by atoms with Crippen LogP contribution < -0.4 is 5.32 Å². The van der Waals surface area contributed by atoms with Crippen LogP contribution in [0, 0.1) is 0 Å². The molecule has 0 spiro atoms. The summed E-state index contributed by atoms with van der Waals surface area (Å²) < 4.78 is 0. The van der Waals surface area contributed by atoms with Crippen LogP contribution in [0.5, 0.6) is 0 Å². The van der Waals surface area contributed by atoms with Crippen molar-refractivity contribution in [3.8, 4) is 33.4 Å². The highest BCUT2D eigenvalue weighted by Gasteiger charge is 2.19. The average molecular weight is 589 g/mol. The van der Waals surface area contributed by atoms with Gasteiger partial charge in [0.05, 0.1) is 22.2 Å². The smallest absolute Gasteiger partial charge is 0.0970 e. The number of nitrogens with one attached hydrogen (secondary N) is 1. The van der Waals surface area contributed by atoms with Crippen molar-refractivity contribution in [2.75, 3.05) is 11.9 Å². The minimum absolute atomic E-state index is 0.750. The largest absolute Gasteiger partial charge is 0.379 e. The van der Waals surface area contributed by atoms with E-state index in [4.69, 9.17) is 15.0 Å². The number of anilines is 1. The van der Waals surface area contributed by atoms with E-state index in [0.717, 1.165) is 56.1 Å². The number of pyridine rings is 3. The molecular formula is C42H28N4. The lowest BCUT2D eigenvalue weighted by molar-refractivity contribution is 1.28. The van der Waals surface area contributed by atoms with Crippen molar-refractivity contribution in [1.29, 1.82) is 0 Å². The second kappa shape index (κ2) is 10.8. The molecule has 5 aromatic carbocycles. The standard InChI is InChI=1S/C42H28N4/c1-3-7-27(8-4-1)31-19-23-43-39-35(31)15-17-37-33(21-25-45-41(37)39)29-11-13-30(14-12-29)34-22-26-46-42-38(34)18-16-36-32(20-24-44-40(36)42)28-9-5-2-6-10-28/h1-25,46H,26H2. The molecule has 4 heterocycles. The molecule has 0 saturated heterocycles. The topological polar surface area (TPSA) is 50.7 Å². The molecule has 0 atom stereocenters. The first-order chi connectivity index (χ1) is 22.8. The fourth-order valence-electron chi connectivity index (χ4n) is 6.91. The van der Waals surface area contributed by atoms with Gasteiger partial charge >= 0.3 is 0 Å². The number of benzene rings is 5. The Labute approximate surface area is 266 Å². The third-order valence-electron chi connectivity index (χ3n) is 9.09. The summed E-state index contributed by atoms with van der Waals surface area (Å²) in [4.78, 5) is 14.4. The van der Waals surface area contributed by atoms with E-state index >= 15 is 0 Å². The lowest BCUT2D eigenvalue weighted by Gasteiger charge is -2.22. The van der Waals surface area contributed by atoms with Crippen LogP contribution in [-0.2, 0) is 0 Å². The van der Waals surface area contributed by atoms with Gasteiger partial charge in [-0.3, -0.25) is 15.0 Å². The lowest BCUT2D eigenvalue weighted by Crippen LogP contribution is -2.10. The van der Waals surface area contributed by atoms with Crippen molar-refractivity contribution < 1.29 is 0 Å². The zero-order valence-electron chi connectivity index (χ0n) is 25.0. The van der Waals surface area contributed by atoms with E-state index < -0.39 is 0 Å². The third kappa shape index (κ3) is 4.26. The summed E-state index contributed by atoms with van der Waals surface area (Å²) in [6.07, 6.45) is 7.97. The molecule has 0 bridgehead atoms. The second-order valence-corrected chi connectivity index (χ2v) is 11.6. The minimum Gasteiger partial charge on any atom is -0.379 e. The zero-order valence-corrected chi connectivity index (χ0v) is 25.0. The number of fused-ring (bicyclic) bond motifs is 6. The van der Waals surface area contributed by atoms with Crippen molar-refractivity contribution >= 4 is 44.0 Å². The van der Waals surface area contributed by atoms with Crippen molar-refractivity contribution in [2.24, 2.45) is 0 Å². The lowest BCUT2D eigenvalue weighted by atomic mass is 9.90. The molecule has 1 aliphatic rings. The summed E-state index contributed by atoms with van der Waals surface area (Å²) in [7, 11) is 0. The number of aromatic nitrogens is 3. The van der Waals surface area contributed by atoms with Crippen LogP contribution in [0.25, 0.3) is 71.7 Å². The van der Waals surface area contributed by atoms with E-state index in [1.807, 2.05) is 24.7 Å². The van der Waals surface area contributed by atoms with E-state index in [0.29, 0.717) is 0 Å². The first kappa shape index (κ1) is 26.3. The molecule has 0 aliphatic carbocycles. The van der Waals surface area contributed by atoms with Crippen molar-refractivity contribution in [2.45, 2.75) is 0 Å². The van der Waals surface area contributed by atoms with Crippen molar-refractivity contribution in [3.05, 3.63) is 163 Å². The zero-order chi connectivity index (χ0) is 30.5. The Bertz CT molecular complexity index is 2450. The molecule has 0 unspecified atom stereocenters. The Morgan fingerprint density at radius 1 is 0.391 bits per heavy atom. The molecule has 9 rings (SSSR count). The molecule has 4 nitrogen and oxygen atoms in total. The molecule has 1 N–H and O–H groups in total. The van der Waals surface area contributed by atoms with Gasteiger partial charge in [-0.15, -0.1) is 0 Å². The maximum absolute atomic E-state index is 4.83. The van der Waals surface area contributed by atoms with Gasteiger partial charge < -0.3 is 5.32 Å². The second-order valence-electron chi connectivity index (χ2n) is 11.6. The maximum atomic E-state index is 4.83. The van der Waals surface area contributed by atoms with Crippen molar-refractivity contribution in [3.63, 3.8) is 0 Å². The number of rotatable bonds is 4. The first-order valence-corrected chi connectivity index (χ1v) is 15.6. The Morgan fingerprint density at radius 3 is 1.41 bits per heavy atom. The molecule has 0 fully saturated rings. The van der Waals surface area contributed by atoms with Crippen LogP contribution in [0.4, 0.5) is 5.69 Å². The van der Waals surface area contributed by atoms with Gasteiger partial charge in [0.15, 0.2) is 0 Å². The molecule has 0 saturated carbocycles. The van der Waals surface area contributed by atoms with Gasteiger partial charge in [-0.25, -0.2) is 0 Å². The number of hydrogen-bond acceptors (Lipinski definition) is 4. The monoisotopic (exact) mass is 588 g/mol. The van der Waals surface area contributed by atoms with Gasteiger partial charge in [-0.05, 0) is 62.7 Å². The van der Waals surface area contributed by atoms with Gasteiger partial charge in [-0.2, -0.15) is 0 Å². The number of nitrogens with zero attached hydrogens (tertiary/aromatic N) is 3. The first-order valence-electron chi connectivity index (χ1n) is 15.6. The average Bonchev–Trinajstić information content (AvgIpc) is 3.14. The summed E-state index contributed by atoms with van der Waals surface area (Å²) in [5, 5.41) is 6.97. The summed E-state index contributed by atoms with van der Waals surface area (Å²) in [5.41, 5.74) is 14.5. The molecule has 216 valence electrons. The highest BCUT2D eigenvalue weighted by atomic mass is 14.9. The molecule has 4 heteroatoms. The predicted octanol–water partition coefficient (Wildman–Crippen LogP) is 10.2. The summed E-state index contributed by atoms with van der Waals surface area (Å²) in [5.74, 6) is 0. The van der Waals surface area contributed by atoms with Gasteiger partial charge in [0, 0.05) is 46.9 Å². The van der Waals surface area contributed by atoms with Crippen LogP contribution in [0.15, 0.2) is 152 Å². The van der Waals surface area contributed by atoms with E-state index in [-0.39, 0.29) is 0 Å². The summed E-state index contributed by atoms with van der Waals surface area (Å²) in [6, 6.07) is 45.0. The van der Waals surface area contributed by atoms with Crippen LogP contribution in [0.1, 0.15) is 11.1 Å². The minimum atomic E-state index is 0.750. The fraction of sp³-hybridized carbons (Fsp3) is 0.0238. The summed E-state index contributed by atoms with van der Waals surface area (Å²) >= 11 is 0. The highest BCUT2D eigenvalue weighted by Crippen LogP contribution is 2.40. The molecule has 3 aromatic heterocycles. The maximum Gasteiger partial charge on any atom is 0.0970 e. The Balaban J connectivity index is 1.10. The van der Waals surface area contributed by atoms with E-state index in [2.05, 4.69) is 133 Å². The van der Waals surface area contributed by atoms with E-state index in [1.165, 1.54) is 39.0 Å². The summed E-state index contributed by atoms with van der Waals surface area (Å²) in [6.45, 7) is 0.750. The predicted molar refractivity (Wildman–Crippen MR) is 191 cm³/mol. The Hall–Kier alpha value is -6.13.